The van der Waals surface area contributed by atoms with Gasteiger partial charge in [0.2, 0.25) is 0 Å². The summed E-state index contributed by atoms with van der Waals surface area (Å²) in [6.45, 7) is 5.21. The number of nitrogens with zero attached hydrogens (tertiary/aromatic N) is 3. The number of halogens is 2. The second-order valence-electron chi connectivity index (χ2n) is 16.4. The molecular weight excluding hydrogens is 940 g/mol. The van der Waals surface area contributed by atoms with Gasteiger partial charge in [-0.15, -0.1) is 0 Å². The first-order valence-electron chi connectivity index (χ1n) is 22.2. The van der Waals surface area contributed by atoms with E-state index in [0.29, 0.717) is 55.3 Å². The molecule has 2 atom stereocenters. The van der Waals surface area contributed by atoms with Crippen LogP contribution < -0.4 is 34.9 Å². The molecule has 0 spiro atoms. The Morgan fingerprint density at radius 2 is 1.09 bits per heavy atom. The van der Waals surface area contributed by atoms with E-state index in [2.05, 4.69) is 32.0 Å². The van der Waals surface area contributed by atoms with Gasteiger partial charge in [-0.05, 0) is 71.5 Å². The number of aliphatic carboxylic acids is 2. The van der Waals surface area contributed by atoms with Crippen molar-refractivity contribution in [2.24, 2.45) is 0 Å². The Kier molecular flexibility index (Phi) is 19.2. The van der Waals surface area contributed by atoms with Gasteiger partial charge in [0.05, 0.1) is 46.3 Å². The summed E-state index contributed by atoms with van der Waals surface area (Å²) in [5, 5.41) is 57.5. The molecule has 18 heteroatoms. The van der Waals surface area contributed by atoms with E-state index in [9.17, 15) is 25.1 Å². The number of rotatable bonds is 26. The van der Waals surface area contributed by atoms with Crippen molar-refractivity contribution in [1.29, 1.82) is 5.26 Å². The normalized spacial score (nSPS) is 11.9. The predicted molar refractivity (Wildman–Crippen MR) is 264 cm³/mol. The number of benzene rings is 4. The van der Waals surface area contributed by atoms with Crippen LogP contribution >= 0.6 is 23.2 Å². The van der Waals surface area contributed by atoms with Crippen molar-refractivity contribution < 1.29 is 49.0 Å². The maximum atomic E-state index is 11.1. The van der Waals surface area contributed by atoms with Crippen LogP contribution in [0.5, 0.6) is 23.0 Å². The minimum atomic E-state index is -1.11. The number of nitrogens with one attached hydrogen (secondary N) is 3. The lowest BCUT2D eigenvalue weighted by molar-refractivity contribution is -0.140. The van der Waals surface area contributed by atoms with Crippen molar-refractivity contribution in [2.75, 3.05) is 25.5 Å². The minimum Gasteiger partial charge on any atom is -0.488 e. The molecule has 0 radical (unpaired) electrons. The molecule has 0 aliphatic heterocycles. The number of carbonyl (C=O) groups is 2. The van der Waals surface area contributed by atoms with Crippen LogP contribution in [0.2, 0.25) is 10.0 Å². The smallest absolute Gasteiger partial charge is 0.306 e. The standard InChI is InChI=1S/C52H54Cl2N6O10/c1-31-36(29-69-49-16-47(67-27-34-10-33(18-55)19-57-20-34)38(12-45(49)53)22-59-25-41(61)14-51(63)64)6-4-8-43(31)44-9-5-7-37(32(44)2)30-70-50-17-48(68-28-35-11-40(56-3)24-58-21-35)39(13-46(50)54)23-60-26-42(62)15-52(65)66/h4-13,16-17,19-21,24,41-42,56,59-62H,14-15,22-23,25-30H2,1-3H3,(H,63,64)(H,65,66)/t41-,42-/m0/s1. The number of anilines is 1. The van der Waals surface area contributed by atoms with Crippen LogP contribution in [0, 0.1) is 25.2 Å². The van der Waals surface area contributed by atoms with Crippen LogP contribution in [0.3, 0.4) is 0 Å². The van der Waals surface area contributed by atoms with E-state index in [1.54, 1.807) is 56.0 Å². The third-order valence-electron chi connectivity index (χ3n) is 11.2. The number of nitriles is 1. The number of carboxylic acids is 2. The van der Waals surface area contributed by atoms with Crippen molar-refractivity contribution in [3.8, 4) is 40.2 Å². The number of hydrogen-bond acceptors (Lipinski definition) is 14. The molecule has 0 aliphatic rings. The van der Waals surface area contributed by atoms with Gasteiger partial charge in [-0.3, -0.25) is 19.6 Å². The molecule has 2 heterocycles. The lowest BCUT2D eigenvalue weighted by atomic mass is 9.92. The van der Waals surface area contributed by atoms with E-state index < -0.39 is 37.0 Å². The molecule has 0 amide bonds. The van der Waals surface area contributed by atoms with Crippen molar-refractivity contribution in [3.63, 3.8) is 0 Å². The number of aromatic nitrogens is 2. The SMILES string of the molecule is CNc1cncc(COc2cc(OCc3cccc(-c4cccc(COc5cc(OCc6cncc(C#N)c6)c(CNC[C@@H](O)CC(=O)O)cc5Cl)c4C)c3C)c(Cl)cc2CNC[C@@H](O)CC(=O)O)c1. The van der Waals surface area contributed by atoms with Gasteiger partial charge in [0.1, 0.15) is 55.5 Å². The maximum absolute atomic E-state index is 11.1. The van der Waals surface area contributed by atoms with Crippen LogP contribution in [0.15, 0.2) is 97.6 Å². The number of carboxylic acid groups (broad SMARTS) is 2. The molecule has 0 unspecified atom stereocenters. The lowest BCUT2D eigenvalue weighted by Crippen LogP contribution is -2.28. The topological polar surface area (TPSA) is 238 Å². The summed E-state index contributed by atoms with van der Waals surface area (Å²) in [6, 6.07) is 24.5. The Morgan fingerprint density at radius 1 is 0.629 bits per heavy atom. The van der Waals surface area contributed by atoms with Crippen LogP contribution in [0.25, 0.3) is 11.1 Å². The molecule has 6 rings (SSSR count). The van der Waals surface area contributed by atoms with E-state index in [4.69, 9.17) is 52.4 Å². The van der Waals surface area contributed by atoms with Crippen molar-refractivity contribution >= 4 is 40.8 Å². The Balaban J connectivity index is 1.18. The van der Waals surface area contributed by atoms with Crippen LogP contribution in [0.4, 0.5) is 5.69 Å². The summed E-state index contributed by atoms with van der Waals surface area (Å²) in [5.74, 6) is -0.536. The molecule has 0 saturated heterocycles. The Morgan fingerprint density at radius 3 is 1.54 bits per heavy atom. The Bertz CT molecular complexity index is 2820. The summed E-state index contributed by atoms with van der Waals surface area (Å²) in [7, 11) is 1.80. The van der Waals surface area contributed by atoms with E-state index in [-0.39, 0.29) is 52.6 Å². The number of aliphatic hydroxyl groups is 2. The molecule has 4 aromatic carbocycles. The first kappa shape index (κ1) is 52.4. The maximum Gasteiger partial charge on any atom is 0.306 e. The van der Waals surface area contributed by atoms with Crippen molar-refractivity contribution in [2.45, 2.75) is 78.4 Å². The summed E-state index contributed by atoms with van der Waals surface area (Å²) < 4.78 is 25.2. The highest BCUT2D eigenvalue weighted by Crippen LogP contribution is 2.37. The third kappa shape index (κ3) is 15.0. The summed E-state index contributed by atoms with van der Waals surface area (Å²) in [5.41, 5.74) is 9.83. The van der Waals surface area contributed by atoms with Gasteiger partial charge in [0.25, 0.3) is 0 Å². The second-order valence-corrected chi connectivity index (χ2v) is 17.2. The second kappa shape index (κ2) is 25.6. The average molecular weight is 994 g/mol. The van der Waals surface area contributed by atoms with Gasteiger partial charge >= 0.3 is 11.9 Å². The van der Waals surface area contributed by atoms with Gasteiger partial charge in [0.15, 0.2) is 0 Å². The van der Waals surface area contributed by atoms with E-state index in [1.807, 2.05) is 56.3 Å². The lowest BCUT2D eigenvalue weighted by Gasteiger charge is -2.19. The van der Waals surface area contributed by atoms with E-state index >= 15 is 0 Å². The number of aliphatic hydroxyl groups excluding tert-OH is 2. The minimum absolute atomic E-state index is 0.0259. The monoisotopic (exact) mass is 992 g/mol. The quantitative estimate of drug-likeness (QED) is 0.0271. The van der Waals surface area contributed by atoms with E-state index in [1.165, 1.54) is 6.20 Å². The number of ether oxygens (including phenoxy) is 4. The van der Waals surface area contributed by atoms with Gasteiger partial charge < -0.3 is 55.3 Å². The average Bonchev–Trinajstić information content (AvgIpc) is 3.33. The first-order valence-corrected chi connectivity index (χ1v) is 23.0. The highest BCUT2D eigenvalue weighted by atomic mass is 35.5. The highest BCUT2D eigenvalue weighted by molar-refractivity contribution is 6.32. The van der Waals surface area contributed by atoms with Gasteiger partial charge in [-0.2, -0.15) is 5.26 Å². The summed E-state index contributed by atoms with van der Waals surface area (Å²) >= 11 is 13.6. The van der Waals surface area contributed by atoms with Gasteiger partial charge in [-0.1, -0.05) is 59.6 Å². The molecule has 366 valence electrons. The zero-order valence-corrected chi connectivity index (χ0v) is 40.3. The number of hydrogen-bond donors (Lipinski definition) is 7. The Labute approximate surface area is 415 Å². The fourth-order valence-corrected chi connectivity index (χ4v) is 7.92. The molecule has 16 nitrogen and oxygen atoms in total. The predicted octanol–water partition coefficient (Wildman–Crippen LogP) is 8.15. The molecule has 0 bridgehead atoms. The largest absolute Gasteiger partial charge is 0.488 e. The zero-order valence-electron chi connectivity index (χ0n) is 38.8. The summed E-state index contributed by atoms with van der Waals surface area (Å²) in [6.07, 6.45) is 3.51. The highest BCUT2D eigenvalue weighted by Gasteiger charge is 2.18. The molecule has 0 fully saturated rings. The fraction of sp³-hybridized carbons (Fsp3) is 0.288. The number of pyridine rings is 2. The molecule has 70 heavy (non-hydrogen) atoms. The fourth-order valence-electron chi connectivity index (χ4n) is 7.44. The summed E-state index contributed by atoms with van der Waals surface area (Å²) in [4.78, 5) is 30.5. The molecule has 0 aliphatic carbocycles. The molecule has 2 aromatic heterocycles. The molecular formula is C52H54Cl2N6O10. The Hall–Kier alpha value is -6.97. The molecule has 7 N–H and O–H groups in total. The van der Waals surface area contributed by atoms with Crippen LogP contribution in [0.1, 0.15) is 62.9 Å². The van der Waals surface area contributed by atoms with Gasteiger partial charge in [-0.25, -0.2) is 0 Å². The van der Waals surface area contributed by atoms with Gasteiger partial charge in [0, 0.05) is 92.4 Å². The molecule has 0 saturated carbocycles. The third-order valence-corrected chi connectivity index (χ3v) is 11.8. The van der Waals surface area contributed by atoms with E-state index in [0.717, 1.165) is 44.6 Å². The first-order chi connectivity index (χ1) is 33.7. The zero-order chi connectivity index (χ0) is 50.2. The van der Waals surface area contributed by atoms with Crippen LogP contribution in [-0.4, -0.2) is 74.7 Å². The van der Waals surface area contributed by atoms with Crippen LogP contribution in [-0.2, 0) is 49.1 Å². The van der Waals surface area contributed by atoms with Crippen molar-refractivity contribution in [3.05, 3.63) is 158 Å². The van der Waals surface area contributed by atoms with Crippen molar-refractivity contribution in [1.82, 2.24) is 20.6 Å². The molecule has 6 aromatic rings.